The van der Waals surface area contributed by atoms with Crippen LogP contribution in [0.15, 0.2) is 0 Å². The normalized spacial score (nSPS) is 22.3. The van der Waals surface area contributed by atoms with Gasteiger partial charge < -0.3 is 10.1 Å². The predicted molar refractivity (Wildman–Crippen MR) is 64.7 cm³/mol. The Labute approximate surface area is 96.8 Å². The van der Waals surface area contributed by atoms with Gasteiger partial charge >= 0.3 is 0 Å². The molecule has 1 aliphatic rings. The van der Waals surface area contributed by atoms with Gasteiger partial charge in [-0.15, -0.1) is 0 Å². The zero-order chi connectivity index (χ0) is 11.5. The molecule has 16 heavy (non-hydrogen) atoms. The summed E-state index contributed by atoms with van der Waals surface area (Å²) in [6, 6.07) is 0.425. The van der Waals surface area contributed by atoms with Gasteiger partial charge in [0.05, 0.1) is 6.61 Å². The fourth-order valence-electron chi connectivity index (χ4n) is 2.20. The van der Waals surface area contributed by atoms with Crippen molar-refractivity contribution in [3.8, 4) is 0 Å². The third-order valence-electron chi connectivity index (χ3n) is 3.50. The molecule has 0 aliphatic carbocycles. The number of H-pyrrole nitrogens is 1. The van der Waals surface area contributed by atoms with Crippen LogP contribution < -0.4 is 5.32 Å². The third kappa shape index (κ3) is 2.21. The highest BCUT2D eigenvalue weighted by Gasteiger charge is 2.23. The van der Waals surface area contributed by atoms with Gasteiger partial charge in [-0.25, -0.2) is 0 Å². The van der Waals surface area contributed by atoms with Crippen LogP contribution in [0.4, 0.5) is 5.82 Å². The van der Waals surface area contributed by atoms with Gasteiger partial charge in [0.25, 0.3) is 0 Å². The van der Waals surface area contributed by atoms with Gasteiger partial charge in [-0.2, -0.15) is 5.10 Å². The highest BCUT2D eigenvalue weighted by Crippen LogP contribution is 2.22. The summed E-state index contributed by atoms with van der Waals surface area (Å²) < 4.78 is 5.40. The number of aryl methyl sites for hydroxylation is 1. The van der Waals surface area contributed by atoms with Gasteiger partial charge in [-0.1, -0.05) is 6.92 Å². The van der Waals surface area contributed by atoms with Gasteiger partial charge in [-0.3, -0.25) is 5.10 Å². The van der Waals surface area contributed by atoms with Gasteiger partial charge in [0.2, 0.25) is 0 Å². The summed E-state index contributed by atoms with van der Waals surface area (Å²) in [5.74, 6) is 1.61. The molecule has 1 aliphatic heterocycles. The molecular weight excluding hydrogens is 202 g/mol. The summed E-state index contributed by atoms with van der Waals surface area (Å²) in [5.41, 5.74) is 2.46. The smallest absolute Gasteiger partial charge is 0.151 e. The second-order valence-corrected chi connectivity index (χ2v) is 4.59. The van der Waals surface area contributed by atoms with E-state index in [0.29, 0.717) is 12.0 Å². The van der Waals surface area contributed by atoms with Gasteiger partial charge in [0, 0.05) is 29.8 Å². The number of aromatic amines is 1. The minimum atomic E-state index is 0.425. The Morgan fingerprint density at radius 1 is 1.62 bits per heavy atom. The predicted octanol–water partition coefficient (Wildman–Crippen LogP) is 2.12. The standard InChI is InChI=1S/C12H21N3O/c1-4-11-8(2)12(15-14-11)13-9(3)10-5-6-16-7-10/h9-10H,4-7H2,1-3H3,(H2,13,14,15). The molecule has 0 bridgehead atoms. The molecular formula is C12H21N3O. The molecule has 4 heteroatoms. The summed E-state index contributed by atoms with van der Waals surface area (Å²) in [7, 11) is 0. The first kappa shape index (κ1) is 11.5. The largest absolute Gasteiger partial charge is 0.381 e. The van der Waals surface area contributed by atoms with Crippen LogP contribution in [-0.4, -0.2) is 29.5 Å². The number of rotatable bonds is 4. The molecule has 2 heterocycles. The fraction of sp³-hybridized carbons (Fsp3) is 0.750. The first-order chi connectivity index (χ1) is 7.72. The Morgan fingerprint density at radius 3 is 3.00 bits per heavy atom. The molecule has 2 rings (SSSR count). The number of nitrogens with one attached hydrogen (secondary N) is 2. The van der Waals surface area contributed by atoms with Crippen molar-refractivity contribution in [1.82, 2.24) is 10.2 Å². The molecule has 0 aromatic carbocycles. The van der Waals surface area contributed by atoms with E-state index in [9.17, 15) is 0 Å². The zero-order valence-corrected chi connectivity index (χ0v) is 10.3. The number of hydrogen-bond acceptors (Lipinski definition) is 3. The Balaban J connectivity index is 1.99. The molecule has 90 valence electrons. The first-order valence-electron chi connectivity index (χ1n) is 6.10. The van der Waals surface area contributed by atoms with Crippen LogP contribution >= 0.6 is 0 Å². The molecule has 0 spiro atoms. The molecule has 1 aromatic rings. The van der Waals surface area contributed by atoms with Crippen molar-refractivity contribution in [2.24, 2.45) is 5.92 Å². The second kappa shape index (κ2) is 4.87. The minimum Gasteiger partial charge on any atom is -0.381 e. The van der Waals surface area contributed by atoms with Crippen LogP contribution in [0.1, 0.15) is 31.5 Å². The molecule has 1 saturated heterocycles. The molecule has 4 nitrogen and oxygen atoms in total. The second-order valence-electron chi connectivity index (χ2n) is 4.59. The summed E-state index contributed by atoms with van der Waals surface area (Å²) in [6.45, 7) is 8.23. The van der Waals surface area contributed by atoms with E-state index in [4.69, 9.17) is 4.74 Å². The van der Waals surface area contributed by atoms with Crippen molar-refractivity contribution in [1.29, 1.82) is 0 Å². The maximum absolute atomic E-state index is 5.40. The van der Waals surface area contributed by atoms with Crippen molar-refractivity contribution in [3.63, 3.8) is 0 Å². The SMILES string of the molecule is CCc1[nH]nc(NC(C)C2CCOC2)c1C. The Hall–Kier alpha value is -1.03. The van der Waals surface area contributed by atoms with Gasteiger partial charge in [0.15, 0.2) is 5.82 Å². The van der Waals surface area contributed by atoms with Crippen molar-refractivity contribution in [3.05, 3.63) is 11.3 Å². The number of aromatic nitrogens is 2. The molecule has 2 unspecified atom stereocenters. The van der Waals surface area contributed by atoms with E-state index in [1.54, 1.807) is 0 Å². The Kier molecular flexibility index (Phi) is 3.49. The molecule has 2 N–H and O–H groups in total. The highest BCUT2D eigenvalue weighted by molar-refractivity contribution is 5.46. The van der Waals surface area contributed by atoms with Crippen LogP contribution in [0.2, 0.25) is 0 Å². The lowest BCUT2D eigenvalue weighted by atomic mass is 10.0. The van der Waals surface area contributed by atoms with E-state index in [1.165, 1.54) is 11.3 Å². The van der Waals surface area contributed by atoms with Crippen molar-refractivity contribution in [2.75, 3.05) is 18.5 Å². The van der Waals surface area contributed by atoms with Crippen LogP contribution in [0.3, 0.4) is 0 Å². The molecule has 0 radical (unpaired) electrons. The quantitative estimate of drug-likeness (QED) is 0.822. The number of hydrogen-bond donors (Lipinski definition) is 2. The fourth-order valence-corrected chi connectivity index (χ4v) is 2.20. The van der Waals surface area contributed by atoms with Crippen LogP contribution in [0, 0.1) is 12.8 Å². The first-order valence-corrected chi connectivity index (χ1v) is 6.10. The van der Waals surface area contributed by atoms with Crippen LogP contribution in [0.5, 0.6) is 0 Å². The third-order valence-corrected chi connectivity index (χ3v) is 3.50. The lowest BCUT2D eigenvalue weighted by molar-refractivity contribution is 0.183. The topological polar surface area (TPSA) is 49.9 Å². The lowest BCUT2D eigenvalue weighted by Gasteiger charge is -2.19. The van der Waals surface area contributed by atoms with E-state index in [1.807, 2.05) is 0 Å². The summed E-state index contributed by atoms with van der Waals surface area (Å²) in [5, 5.41) is 10.9. The maximum atomic E-state index is 5.40. The van der Waals surface area contributed by atoms with Gasteiger partial charge in [0.1, 0.15) is 0 Å². The molecule has 2 atom stereocenters. The maximum Gasteiger partial charge on any atom is 0.151 e. The number of nitrogens with zero attached hydrogens (tertiary/aromatic N) is 1. The Bertz CT molecular complexity index is 342. The van der Waals surface area contributed by atoms with Crippen LogP contribution in [0.25, 0.3) is 0 Å². The van der Waals surface area contributed by atoms with Crippen LogP contribution in [-0.2, 0) is 11.2 Å². The summed E-state index contributed by atoms with van der Waals surface area (Å²) >= 11 is 0. The number of anilines is 1. The van der Waals surface area contributed by atoms with E-state index >= 15 is 0 Å². The van der Waals surface area contributed by atoms with E-state index in [-0.39, 0.29) is 0 Å². The monoisotopic (exact) mass is 223 g/mol. The van der Waals surface area contributed by atoms with E-state index < -0.39 is 0 Å². The van der Waals surface area contributed by atoms with E-state index in [2.05, 4.69) is 36.3 Å². The minimum absolute atomic E-state index is 0.425. The van der Waals surface area contributed by atoms with Crippen molar-refractivity contribution in [2.45, 2.75) is 39.7 Å². The molecule has 0 amide bonds. The number of ether oxygens (including phenoxy) is 1. The lowest BCUT2D eigenvalue weighted by Crippen LogP contribution is -2.26. The molecule has 1 aromatic heterocycles. The van der Waals surface area contributed by atoms with E-state index in [0.717, 1.165) is 31.9 Å². The molecule has 1 fully saturated rings. The van der Waals surface area contributed by atoms with Crippen molar-refractivity contribution < 1.29 is 4.74 Å². The summed E-state index contributed by atoms with van der Waals surface area (Å²) in [4.78, 5) is 0. The highest BCUT2D eigenvalue weighted by atomic mass is 16.5. The van der Waals surface area contributed by atoms with Gasteiger partial charge in [-0.05, 0) is 26.7 Å². The van der Waals surface area contributed by atoms with Crippen molar-refractivity contribution >= 4 is 5.82 Å². The molecule has 0 saturated carbocycles. The average molecular weight is 223 g/mol. The average Bonchev–Trinajstić information content (AvgIpc) is 2.89. The Morgan fingerprint density at radius 2 is 2.44 bits per heavy atom. The zero-order valence-electron chi connectivity index (χ0n) is 10.3. The summed E-state index contributed by atoms with van der Waals surface area (Å²) in [6.07, 6.45) is 2.15.